The standard InChI is InChI=1S/C16H19N7O2S/c1-2-11-13(14(17)22(20-11)10-5-8-26-9-6-10)16(24)25-23-15-12(19-21-23)4-3-7-18-15/h3-4,7,10H,2,5-6,8-9,17H2,1H3. The van der Waals surface area contributed by atoms with Crippen LogP contribution in [0.2, 0.25) is 0 Å². The van der Waals surface area contributed by atoms with Crippen LogP contribution in [0.1, 0.15) is 41.9 Å². The van der Waals surface area contributed by atoms with Crippen LogP contribution in [0.5, 0.6) is 0 Å². The second-order valence-electron chi connectivity index (χ2n) is 6.04. The lowest BCUT2D eigenvalue weighted by molar-refractivity contribution is 0.0405. The lowest BCUT2D eigenvalue weighted by Gasteiger charge is -2.22. The number of hydrogen-bond acceptors (Lipinski definition) is 8. The molecule has 1 aliphatic rings. The van der Waals surface area contributed by atoms with E-state index in [-0.39, 0.29) is 6.04 Å². The van der Waals surface area contributed by atoms with Crippen molar-refractivity contribution in [3.8, 4) is 0 Å². The van der Waals surface area contributed by atoms with E-state index in [2.05, 4.69) is 20.4 Å². The molecule has 1 fully saturated rings. The zero-order valence-corrected chi connectivity index (χ0v) is 15.1. The lowest BCUT2D eigenvalue weighted by Crippen LogP contribution is -2.23. The number of nitrogen functional groups attached to an aromatic ring is 1. The number of nitrogens with two attached hydrogens (primary N) is 1. The lowest BCUT2D eigenvalue weighted by atomic mass is 10.1. The Balaban J connectivity index is 1.65. The van der Waals surface area contributed by atoms with Gasteiger partial charge in [-0.1, -0.05) is 6.92 Å². The minimum absolute atomic E-state index is 0.219. The van der Waals surface area contributed by atoms with E-state index in [1.165, 1.54) is 0 Å². The van der Waals surface area contributed by atoms with E-state index in [1.54, 1.807) is 23.0 Å². The SMILES string of the molecule is CCc1nn(C2CCSCC2)c(N)c1C(=O)On1nnc2cccnc21. The average molecular weight is 373 g/mol. The zero-order chi connectivity index (χ0) is 18.1. The second kappa shape index (κ2) is 6.94. The van der Waals surface area contributed by atoms with Crippen LogP contribution in [0.25, 0.3) is 11.2 Å². The summed E-state index contributed by atoms with van der Waals surface area (Å²) in [4.78, 5) is 23.3. The van der Waals surface area contributed by atoms with Gasteiger partial charge in [-0.2, -0.15) is 16.9 Å². The predicted molar refractivity (Wildman–Crippen MR) is 97.8 cm³/mol. The maximum absolute atomic E-state index is 12.8. The monoisotopic (exact) mass is 373 g/mol. The van der Waals surface area contributed by atoms with E-state index >= 15 is 0 Å². The molecule has 10 heteroatoms. The van der Waals surface area contributed by atoms with Crippen molar-refractivity contribution in [2.45, 2.75) is 32.2 Å². The molecule has 0 aromatic carbocycles. The molecule has 0 saturated carbocycles. The molecule has 136 valence electrons. The van der Waals surface area contributed by atoms with Crippen molar-refractivity contribution >= 4 is 34.7 Å². The van der Waals surface area contributed by atoms with Gasteiger partial charge in [0.1, 0.15) is 16.9 Å². The first kappa shape index (κ1) is 16.8. The number of fused-ring (bicyclic) bond motifs is 1. The van der Waals surface area contributed by atoms with E-state index in [1.807, 2.05) is 18.7 Å². The van der Waals surface area contributed by atoms with Crippen LogP contribution in [-0.4, -0.2) is 47.4 Å². The Hall–Kier alpha value is -2.62. The molecule has 0 unspecified atom stereocenters. The molecular formula is C16H19N7O2S. The number of rotatable bonds is 4. The predicted octanol–water partition coefficient (Wildman–Crippen LogP) is 1.50. The number of aryl methyl sites for hydroxylation is 1. The van der Waals surface area contributed by atoms with Crippen LogP contribution >= 0.6 is 11.8 Å². The summed E-state index contributed by atoms with van der Waals surface area (Å²) in [6.45, 7) is 1.94. The largest absolute Gasteiger partial charge is 0.383 e. The highest BCUT2D eigenvalue weighted by Crippen LogP contribution is 2.31. The molecule has 0 atom stereocenters. The second-order valence-corrected chi connectivity index (χ2v) is 7.26. The molecule has 3 aromatic heterocycles. The van der Waals surface area contributed by atoms with Gasteiger partial charge in [-0.15, -0.1) is 5.10 Å². The summed E-state index contributed by atoms with van der Waals surface area (Å²) >= 11 is 1.93. The molecule has 4 rings (SSSR count). The molecule has 0 radical (unpaired) electrons. The van der Waals surface area contributed by atoms with Crippen LogP contribution in [0, 0.1) is 0 Å². The van der Waals surface area contributed by atoms with Gasteiger partial charge < -0.3 is 10.6 Å². The summed E-state index contributed by atoms with van der Waals surface area (Å²) in [5, 5.41) is 12.3. The molecule has 3 aromatic rings. The van der Waals surface area contributed by atoms with Gasteiger partial charge >= 0.3 is 5.97 Å². The van der Waals surface area contributed by atoms with Crippen molar-refractivity contribution in [2.75, 3.05) is 17.2 Å². The highest BCUT2D eigenvalue weighted by Gasteiger charge is 2.28. The molecule has 0 aliphatic carbocycles. The first-order valence-electron chi connectivity index (χ1n) is 8.52. The van der Waals surface area contributed by atoms with Gasteiger partial charge in [-0.3, -0.25) is 0 Å². The van der Waals surface area contributed by atoms with Crippen molar-refractivity contribution in [1.82, 2.24) is 29.9 Å². The number of aromatic nitrogens is 6. The molecule has 26 heavy (non-hydrogen) atoms. The molecule has 2 N–H and O–H groups in total. The van der Waals surface area contributed by atoms with Crippen molar-refractivity contribution in [3.63, 3.8) is 0 Å². The number of hydrogen-bond donors (Lipinski definition) is 1. The Bertz CT molecular complexity index is 945. The molecular weight excluding hydrogens is 354 g/mol. The number of thioether (sulfide) groups is 1. The van der Waals surface area contributed by atoms with Gasteiger partial charge in [-0.05, 0) is 53.0 Å². The number of pyridine rings is 1. The van der Waals surface area contributed by atoms with E-state index in [0.717, 1.165) is 29.2 Å². The van der Waals surface area contributed by atoms with E-state index < -0.39 is 5.97 Å². The van der Waals surface area contributed by atoms with Crippen molar-refractivity contribution in [3.05, 3.63) is 29.6 Å². The summed E-state index contributed by atoms with van der Waals surface area (Å²) in [6, 6.07) is 3.70. The minimum Gasteiger partial charge on any atom is -0.383 e. The fourth-order valence-corrected chi connectivity index (χ4v) is 4.19. The van der Waals surface area contributed by atoms with Crippen LogP contribution < -0.4 is 10.6 Å². The maximum atomic E-state index is 12.8. The fraction of sp³-hybridized carbons (Fsp3) is 0.438. The molecule has 1 aliphatic heterocycles. The van der Waals surface area contributed by atoms with Gasteiger partial charge in [-0.25, -0.2) is 14.5 Å². The Morgan fingerprint density at radius 2 is 2.23 bits per heavy atom. The third-order valence-electron chi connectivity index (χ3n) is 4.45. The summed E-state index contributed by atoms with van der Waals surface area (Å²) in [6.07, 6.45) is 4.15. The number of anilines is 1. The minimum atomic E-state index is -0.603. The Morgan fingerprint density at radius 3 is 3.00 bits per heavy atom. The molecule has 0 spiro atoms. The smallest absolute Gasteiger partial charge is 0.371 e. The van der Waals surface area contributed by atoms with Crippen LogP contribution in [0.3, 0.4) is 0 Å². The Kier molecular flexibility index (Phi) is 4.49. The normalized spacial score (nSPS) is 15.4. The van der Waals surface area contributed by atoms with Crippen LogP contribution in [0.4, 0.5) is 5.82 Å². The van der Waals surface area contributed by atoms with Crippen molar-refractivity contribution < 1.29 is 9.63 Å². The Morgan fingerprint density at radius 1 is 1.42 bits per heavy atom. The number of carbonyl (C=O) groups excluding carboxylic acids is 1. The first-order valence-corrected chi connectivity index (χ1v) is 9.68. The highest BCUT2D eigenvalue weighted by atomic mass is 32.2. The van der Waals surface area contributed by atoms with E-state index in [0.29, 0.717) is 34.7 Å². The molecule has 0 bridgehead atoms. The summed E-state index contributed by atoms with van der Waals surface area (Å²) in [7, 11) is 0. The first-order chi connectivity index (χ1) is 12.7. The molecule has 4 heterocycles. The maximum Gasteiger partial charge on any atom is 0.371 e. The molecule has 9 nitrogen and oxygen atoms in total. The number of nitrogens with zero attached hydrogens (tertiary/aromatic N) is 6. The van der Waals surface area contributed by atoms with Crippen LogP contribution in [-0.2, 0) is 6.42 Å². The average Bonchev–Trinajstić information content (AvgIpc) is 3.23. The topological polar surface area (TPSA) is 114 Å². The molecule has 0 amide bonds. The van der Waals surface area contributed by atoms with Crippen LogP contribution in [0.15, 0.2) is 18.3 Å². The summed E-state index contributed by atoms with van der Waals surface area (Å²) < 4.78 is 1.78. The van der Waals surface area contributed by atoms with E-state index in [9.17, 15) is 4.79 Å². The van der Waals surface area contributed by atoms with Gasteiger partial charge in [0.2, 0.25) is 5.65 Å². The van der Waals surface area contributed by atoms with Gasteiger partial charge in [0.15, 0.2) is 0 Å². The van der Waals surface area contributed by atoms with Crippen molar-refractivity contribution in [1.29, 1.82) is 0 Å². The molecule has 1 saturated heterocycles. The third kappa shape index (κ3) is 2.90. The highest BCUT2D eigenvalue weighted by molar-refractivity contribution is 7.99. The zero-order valence-electron chi connectivity index (χ0n) is 14.3. The number of carbonyl (C=O) groups is 1. The van der Waals surface area contributed by atoms with Gasteiger partial charge in [0.25, 0.3) is 0 Å². The Labute approximate surface area is 153 Å². The summed E-state index contributed by atoms with van der Waals surface area (Å²) in [5.41, 5.74) is 8.12. The quantitative estimate of drug-likeness (QED) is 0.685. The third-order valence-corrected chi connectivity index (χ3v) is 5.49. The fourth-order valence-electron chi connectivity index (χ4n) is 3.10. The van der Waals surface area contributed by atoms with Gasteiger partial charge in [0.05, 0.1) is 11.7 Å². The van der Waals surface area contributed by atoms with E-state index in [4.69, 9.17) is 10.6 Å². The van der Waals surface area contributed by atoms with Gasteiger partial charge in [0, 0.05) is 6.20 Å². The van der Waals surface area contributed by atoms with Crippen molar-refractivity contribution in [2.24, 2.45) is 0 Å². The summed E-state index contributed by atoms with van der Waals surface area (Å²) in [5.74, 6) is 1.89.